The van der Waals surface area contributed by atoms with Crippen LogP contribution in [0.15, 0.2) is 12.2 Å². The maximum absolute atomic E-state index is 11.2. The summed E-state index contributed by atoms with van der Waals surface area (Å²) in [6.07, 6.45) is 4.38. The predicted octanol–water partition coefficient (Wildman–Crippen LogP) is 0.300. The molecule has 64 valence electrons. The van der Waals surface area contributed by atoms with Crippen LogP contribution in [0, 0.1) is 23.7 Å². The molecule has 2 aliphatic carbocycles. The van der Waals surface area contributed by atoms with E-state index < -0.39 is 6.29 Å². The van der Waals surface area contributed by atoms with E-state index in [1.807, 2.05) is 0 Å². The molecule has 1 aliphatic heterocycles. The first-order valence-corrected chi connectivity index (χ1v) is 4.34. The summed E-state index contributed by atoms with van der Waals surface area (Å²) in [6, 6.07) is 0. The summed E-state index contributed by atoms with van der Waals surface area (Å²) in [5.41, 5.74) is 0. The van der Waals surface area contributed by atoms with Gasteiger partial charge in [0.15, 0.2) is 0 Å². The molecule has 0 radical (unpaired) electrons. The van der Waals surface area contributed by atoms with Crippen LogP contribution in [0.2, 0.25) is 0 Å². The summed E-state index contributed by atoms with van der Waals surface area (Å²) < 4.78 is 4.79. The highest BCUT2D eigenvalue weighted by Crippen LogP contribution is 2.52. The van der Waals surface area contributed by atoms with E-state index in [0.717, 1.165) is 6.42 Å². The molecule has 0 spiro atoms. The molecule has 0 aromatic carbocycles. The van der Waals surface area contributed by atoms with Gasteiger partial charge in [0.1, 0.15) is 0 Å². The minimum Gasteiger partial charge on any atom is -0.435 e. The zero-order valence-corrected chi connectivity index (χ0v) is 6.51. The summed E-state index contributed by atoms with van der Waals surface area (Å²) in [5.74, 6) is 0.512. The van der Waals surface area contributed by atoms with E-state index in [2.05, 4.69) is 12.2 Å². The molecule has 12 heavy (non-hydrogen) atoms. The van der Waals surface area contributed by atoms with Gasteiger partial charge in [-0.05, 0) is 18.3 Å². The average molecular weight is 166 g/mol. The minimum absolute atomic E-state index is 0.0463. The monoisotopic (exact) mass is 166 g/mol. The molecule has 3 heteroatoms. The van der Waals surface area contributed by atoms with Crippen LogP contribution >= 0.6 is 0 Å². The fourth-order valence-corrected chi connectivity index (χ4v) is 2.86. The van der Waals surface area contributed by atoms with Crippen LogP contribution in [0.4, 0.5) is 0 Å². The van der Waals surface area contributed by atoms with Crippen molar-refractivity contribution in [3.05, 3.63) is 12.2 Å². The molecule has 2 bridgehead atoms. The first-order chi connectivity index (χ1) is 5.77. The Bertz CT molecular complexity index is 271. The van der Waals surface area contributed by atoms with E-state index in [4.69, 9.17) is 4.74 Å². The van der Waals surface area contributed by atoms with Crippen molar-refractivity contribution in [1.82, 2.24) is 0 Å². The molecule has 0 unspecified atom stereocenters. The van der Waals surface area contributed by atoms with Gasteiger partial charge in [-0.15, -0.1) is 0 Å². The van der Waals surface area contributed by atoms with Crippen molar-refractivity contribution in [2.24, 2.45) is 23.7 Å². The molecule has 1 saturated carbocycles. The predicted molar refractivity (Wildman–Crippen MR) is 39.8 cm³/mol. The first kappa shape index (κ1) is 6.66. The van der Waals surface area contributed by atoms with Gasteiger partial charge in [0, 0.05) is 5.92 Å². The molecule has 1 saturated heterocycles. The lowest BCUT2D eigenvalue weighted by molar-refractivity contribution is -0.158. The van der Waals surface area contributed by atoms with Gasteiger partial charge in [-0.25, -0.2) is 0 Å². The van der Waals surface area contributed by atoms with Gasteiger partial charge in [-0.2, -0.15) is 0 Å². The Labute approximate surface area is 70.0 Å². The molecule has 3 nitrogen and oxygen atoms in total. The molecule has 0 aromatic heterocycles. The van der Waals surface area contributed by atoms with Crippen molar-refractivity contribution in [2.45, 2.75) is 12.7 Å². The number of aliphatic hydroxyl groups excluding tert-OH is 1. The number of cyclic esters (lactones) is 1. The smallest absolute Gasteiger partial charge is 0.312 e. The second-order valence-electron chi connectivity index (χ2n) is 3.88. The van der Waals surface area contributed by atoms with E-state index in [1.165, 1.54) is 0 Å². The number of fused-ring (bicyclic) bond motifs is 5. The lowest BCUT2D eigenvalue weighted by atomic mass is 9.85. The van der Waals surface area contributed by atoms with E-state index in [1.54, 1.807) is 0 Å². The summed E-state index contributed by atoms with van der Waals surface area (Å²) in [5, 5.41) is 9.41. The standard InChI is InChI=1S/C9H10O3/c10-8-6-4-1-2-5(3-4)7(6)9(11)12-8/h1-2,4-8,10H,3H2/t4-,5+,6+,7-,8+/m0/s1. The number of hydrogen-bond donors (Lipinski definition) is 1. The molecule has 1 heterocycles. The van der Waals surface area contributed by atoms with Crippen LogP contribution in [0.25, 0.3) is 0 Å². The summed E-state index contributed by atoms with van der Waals surface area (Å²) >= 11 is 0. The Morgan fingerprint density at radius 2 is 2.17 bits per heavy atom. The Kier molecular flexibility index (Phi) is 1.06. The van der Waals surface area contributed by atoms with Crippen molar-refractivity contribution in [1.29, 1.82) is 0 Å². The van der Waals surface area contributed by atoms with E-state index in [9.17, 15) is 9.90 Å². The van der Waals surface area contributed by atoms with Gasteiger partial charge in [-0.3, -0.25) is 4.79 Å². The number of hydrogen-bond acceptors (Lipinski definition) is 3. The highest BCUT2D eigenvalue weighted by Gasteiger charge is 2.57. The molecule has 1 N–H and O–H groups in total. The van der Waals surface area contributed by atoms with Gasteiger partial charge in [0.2, 0.25) is 6.29 Å². The van der Waals surface area contributed by atoms with Gasteiger partial charge < -0.3 is 9.84 Å². The van der Waals surface area contributed by atoms with E-state index >= 15 is 0 Å². The summed E-state index contributed by atoms with van der Waals surface area (Å²) in [4.78, 5) is 11.2. The van der Waals surface area contributed by atoms with Gasteiger partial charge in [0.25, 0.3) is 0 Å². The fraction of sp³-hybridized carbons (Fsp3) is 0.667. The molecule has 0 amide bonds. The Morgan fingerprint density at radius 1 is 1.42 bits per heavy atom. The SMILES string of the molecule is O=C1O[C@@H](O)[C@H]2[C@@H]1[C@@H]1C=C[C@H]2C1. The summed E-state index contributed by atoms with van der Waals surface area (Å²) in [6.45, 7) is 0. The lowest BCUT2D eigenvalue weighted by Crippen LogP contribution is -2.24. The van der Waals surface area contributed by atoms with Crippen molar-refractivity contribution >= 4 is 5.97 Å². The van der Waals surface area contributed by atoms with Crippen molar-refractivity contribution in [2.75, 3.05) is 0 Å². The van der Waals surface area contributed by atoms with Crippen molar-refractivity contribution in [3.63, 3.8) is 0 Å². The second kappa shape index (κ2) is 1.91. The van der Waals surface area contributed by atoms with Crippen LogP contribution in [0.1, 0.15) is 6.42 Å². The van der Waals surface area contributed by atoms with Crippen LogP contribution in [-0.2, 0) is 9.53 Å². The highest BCUT2D eigenvalue weighted by molar-refractivity contribution is 5.76. The van der Waals surface area contributed by atoms with Crippen molar-refractivity contribution < 1.29 is 14.6 Å². The fourth-order valence-electron chi connectivity index (χ4n) is 2.86. The number of ether oxygens (including phenoxy) is 1. The number of carbonyl (C=O) groups excluding carboxylic acids is 1. The average Bonchev–Trinajstić information content (AvgIpc) is 2.64. The number of esters is 1. The Morgan fingerprint density at radius 3 is 2.92 bits per heavy atom. The lowest BCUT2D eigenvalue weighted by Gasteiger charge is -2.17. The third kappa shape index (κ3) is 0.591. The largest absolute Gasteiger partial charge is 0.435 e. The maximum Gasteiger partial charge on any atom is 0.312 e. The maximum atomic E-state index is 11.2. The molecular formula is C9H10O3. The third-order valence-electron chi connectivity index (χ3n) is 3.36. The quantitative estimate of drug-likeness (QED) is 0.416. The van der Waals surface area contributed by atoms with E-state index in [0.29, 0.717) is 11.8 Å². The zero-order valence-electron chi connectivity index (χ0n) is 6.51. The highest BCUT2D eigenvalue weighted by atomic mass is 16.6. The van der Waals surface area contributed by atoms with Crippen LogP contribution in [0.3, 0.4) is 0 Å². The third-order valence-corrected chi connectivity index (χ3v) is 3.36. The number of carbonyl (C=O) groups is 1. The topological polar surface area (TPSA) is 46.5 Å². The molecule has 2 fully saturated rings. The van der Waals surface area contributed by atoms with Gasteiger partial charge in [-0.1, -0.05) is 12.2 Å². The first-order valence-electron chi connectivity index (χ1n) is 4.34. The molecule has 5 atom stereocenters. The minimum atomic E-state index is -0.845. The zero-order chi connectivity index (χ0) is 8.29. The van der Waals surface area contributed by atoms with Gasteiger partial charge in [0.05, 0.1) is 5.92 Å². The van der Waals surface area contributed by atoms with Crippen LogP contribution in [0.5, 0.6) is 0 Å². The number of rotatable bonds is 0. The second-order valence-corrected chi connectivity index (χ2v) is 3.88. The molecule has 3 rings (SSSR count). The van der Waals surface area contributed by atoms with Gasteiger partial charge >= 0.3 is 5.97 Å². The molecule has 3 aliphatic rings. The molecular weight excluding hydrogens is 156 g/mol. The van der Waals surface area contributed by atoms with Crippen LogP contribution in [-0.4, -0.2) is 17.4 Å². The normalized spacial score (nSPS) is 54.4. The summed E-state index contributed by atoms with van der Waals surface area (Å²) in [7, 11) is 0. The Hall–Kier alpha value is -0.830. The van der Waals surface area contributed by atoms with E-state index in [-0.39, 0.29) is 17.8 Å². The molecule has 0 aromatic rings. The van der Waals surface area contributed by atoms with Crippen LogP contribution < -0.4 is 0 Å². The Balaban J connectivity index is 2.03. The number of aliphatic hydroxyl groups is 1. The van der Waals surface area contributed by atoms with Crippen molar-refractivity contribution in [3.8, 4) is 0 Å². The number of allylic oxidation sites excluding steroid dienone is 2.